The molecular formula is C12H11FN2O2S. The first-order valence-corrected chi connectivity index (χ1v) is 6.25. The first-order chi connectivity index (χ1) is 8.66. The van der Waals surface area contributed by atoms with E-state index in [0.717, 1.165) is 11.8 Å². The number of nitrogens with one attached hydrogen (secondary N) is 1. The molecule has 0 aliphatic carbocycles. The molecule has 2 aromatic rings. The van der Waals surface area contributed by atoms with E-state index in [0.29, 0.717) is 18.7 Å². The number of hydrogen-bond acceptors (Lipinski definition) is 4. The van der Waals surface area contributed by atoms with Crippen molar-refractivity contribution >= 4 is 23.0 Å². The minimum absolute atomic E-state index is 0.0618. The van der Waals surface area contributed by atoms with E-state index >= 15 is 0 Å². The number of benzene rings is 1. The number of halogens is 1. The third-order valence-corrected chi connectivity index (χ3v) is 3.03. The summed E-state index contributed by atoms with van der Waals surface area (Å²) < 4.78 is 13.0. The smallest absolute Gasteiger partial charge is 0.337 e. The maximum absolute atomic E-state index is 13.0. The fourth-order valence-corrected chi connectivity index (χ4v) is 2.13. The molecule has 0 spiro atoms. The standard InChI is InChI=1S/C12H11FN2O2S/c13-8-1-2-11(10(5-8)12(16)17)14-4-3-9-6-18-7-15-9/h1-2,5-7,14H,3-4H2,(H,16,17). The number of carbonyl (C=O) groups is 1. The average Bonchev–Trinajstić information content (AvgIpc) is 2.84. The van der Waals surface area contributed by atoms with Crippen molar-refractivity contribution in [2.24, 2.45) is 0 Å². The molecule has 0 fully saturated rings. The highest BCUT2D eigenvalue weighted by molar-refractivity contribution is 7.07. The molecule has 0 saturated carbocycles. The van der Waals surface area contributed by atoms with Crippen LogP contribution in [-0.4, -0.2) is 22.6 Å². The van der Waals surface area contributed by atoms with Crippen LogP contribution < -0.4 is 5.32 Å². The molecule has 0 amide bonds. The highest BCUT2D eigenvalue weighted by Crippen LogP contribution is 2.17. The molecule has 2 N–H and O–H groups in total. The zero-order valence-corrected chi connectivity index (χ0v) is 10.2. The van der Waals surface area contributed by atoms with Crippen LogP contribution in [-0.2, 0) is 6.42 Å². The normalized spacial score (nSPS) is 10.3. The number of anilines is 1. The van der Waals surface area contributed by atoms with E-state index in [1.165, 1.54) is 23.5 Å². The Morgan fingerprint density at radius 3 is 3.00 bits per heavy atom. The van der Waals surface area contributed by atoms with Gasteiger partial charge in [0.05, 0.1) is 16.8 Å². The number of rotatable bonds is 5. The Kier molecular flexibility index (Phi) is 3.88. The van der Waals surface area contributed by atoms with Gasteiger partial charge in [-0.1, -0.05) is 0 Å². The lowest BCUT2D eigenvalue weighted by Crippen LogP contribution is -2.10. The largest absolute Gasteiger partial charge is 0.478 e. The highest BCUT2D eigenvalue weighted by atomic mass is 32.1. The van der Waals surface area contributed by atoms with Crippen LogP contribution in [0.15, 0.2) is 29.1 Å². The van der Waals surface area contributed by atoms with E-state index < -0.39 is 11.8 Å². The maximum atomic E-state index is 13.0. The van der Waals surface area contributed by atoms with E-state index in [-0.39, 0.29) is 5.56 Å². The first-order valence-electron chi connectivity index (χ1n) is 5.30. The lowest BCUT2D eigenvalue weighted by atomic mass is 10.1. The summed E-state index contributed by atoms with van der Waals surface area (Å²) in [5.41, 5.74) is 3.05. The summed E-state index contributed by atoms with van der Waals surface area (Å²) in [4.78, 5) is 15.1. The van der Waals surface area contributed by atoms with Gasteiger partial charge in [-0.2, -0.15) is 0 Å². The highest BCUT2D eigenvalue weighted by Gasteiger charge is 2.10. The number of aromatic carboxylic acids is 1. The predicted molar refractivity (Wildman–Crippen MR) is 67.7 cm³/mol. The number of hydrogen-bond donors (Lipinski definition) is 2. The van der Waals surface area contributed by atoms with Crippen LogP contribution >= 0.6 is 11.3 Å². The van der Waals surface area contributed by atoms with Crippen molar-refractivity contribution in [2.75, 3.05) is 11.9 Å². The summed E-state index contributed by atoms with van der Waals surface area (Å²) in [7, 11) is 0. The van der Waals surface area contributed by atoms with Crippen molar-refractivity contribution in [2.45, 2.75) is 6.42 Å². The van der Waals surface area contributed by atoms with Gasteiger partial charge in [0.25, 0.3) is 0 Å². The second-order valence-corrected chi connectivity index (χ2v) is 4.37. The average molecular weight is 266 g/mol. The van der Waals surface area contributed by atoms with Crippen LogP contribution in [0.4, 0.5) is 10.1 Å². The van der Waals surface area contributed by atoms with E-state index in [1.54, 1.807) is 5.51 Å². The Hall–Kier alpha value is -1.95. The van der Waals surface area contributed by atoms with E-state index in [9.17, 15) is 9.18 Å². The molecule has 18 heavy (non-hydrogen) atoms. The Bertz CT molecular complexity index is 543. The topological polar surface area (TPSA) is 62.2 Å². The van der Waals surface area contributed by atoms with Gasteiger partial charge in [-0.05, 0) is 18.2 Å². The first kappa shape index (κ1) is 12.5. The lowest BCUT2D eigenvalue weighted by Gasteiger charge is -2.08. The summed E-state index contributed by atoms with van der Waals surface area (Å²) in [6.45, 7) is 0.551. The second kappa shape index (κ2) is 5.59. The molecule has 0 saturated heterocycles. The third-order valence-electron chi connectivity index (χ3n) is 2.39. The minimum atomic E-state index is -1.15. The second-order valence-electron chi connectivity index (χ2n) is 3.65. The zero-order valence-electron chi connectivity index (χ0n) is 9.39. The fraction of sp³-hybridized carbons (Fsp3) is 0.167. The fourth-order valence-electron chi connectivity index (χ4n) is 1.53. The van der Waals surface area contributed by atoms with Crippen LogP contribution in [0, 0.1) is 5.82 Å². The number of aromatic nitrogens is 1. The Labute approximate surface area is 107 Å². The van der Waals surface area contributed by atoms with Crippen molar-refractivity contribution in [3.8, 4) is 0 Å². The van der Waals surface area contributed by atoms with Gasteiger partial charge in [-0.15, -0.1) is 11.3 Å². The monoisotopic (exact) mass is 266 g/mol. The molecule has 6 heteroatoms. The lowest BCUT2D eigenvalue weighted by molar-refractivity contribution is 0.0697. The molecule has 4 nitrogen and oxygen atoms in total. The molecule has 1 aromatic heterocycles. The van der Waals surface area contributed by atoms with Crippen LogP contribution in [0.3, 0.4) is 0 Å². The Morgan fingerprint density at radius 1 is 1.50 bits per heavy atom. The molecular weight excluding hydrogens is 255 g/mol. The van der Waals surface area contributed by atoms with E-state index in [4.69, 9.17) is 5.11 Å². The maximum Gasteiger partial charge on any atom is 0.337 e. The Balaban J connectivity index is 2.02. The molecule has 94 valence electrons. The summed E-state index contributed by atoms with van der Waals surface area (Å²) in [6, 6.07) is 3.67. The van der Waals surface area contributed by atoms with Crippen molar-refractivity contribution < 1.29 is 14.3 Å². The molecule has 0 aliphatic heterocycles. The van der Waals surface area contributed by atoms with Gasteiger partial charge >= 0.3 is 5.97 Å². The van der Waals surface area contributed by atoms with Crippen molar-refractivity contribution in [3.05, 3.63) is 46.2 Å². The molecule has 0 radical (unpaired) electrons. The van der Waals surface area contributed by atoms with Gasteiger partial charge in [-0.25, -0.2) is 14.2 Å². The van der Waals surface area contributed by atoms with E-state index in [1.807, 2.05) is 5.38 Å². The molecule has 0 bridgehead atoms. The molecule has 0 unspecified atom stereocenters. The zero-order chi connectivity index (χ0) is 13.0. The minimum Gasteiger partial charge on any atom is -0.478 e. The van der Waals surface area contributed by atoms with E-state index in [2.05, 4.69) is 10.3 Å². The number of carboxylic acid groups (broad SMARTS) is 1. The van der Waals surface area contributed by atoms with Crippen LogP contribution in [0.2, 0.25) is 0 Å². The molecule has 1 aromatic carbocycles. The quantitative estimate of drug-likeness (QED) is 0.873. The molecule has 2 rings (SSSR count). The van der Waals surface area contributed by atoms with Crippen molar-refractivity contribution in [3.63, 3.8) is 0 Å². The van der Waals surface area contributed by atoms with Gasteiger partial charge in [0.15, 0.2) is 0 Å². The van der Waals surface area contributed by atoms with Gasteiger partial charge in [0.2, 0.25) is 0 Å². The van der Waals surface area contributed by atoms with Gasteiger partial charge < -0.3 is 10.4 Å². The van der Waals surface area contributed by atoms with Crippen molar-refractivity contribution in [1.82, 2.24) is 4.98 Å². The van der Waals surface area contributed by atoms with Crippen LogP contribution in [0.25, 0.3) is 0 Å². The van der Waals surface area contributed by atoms with Crippen LogP contribution in [0.1, 0.15) is 16.1 Å². The summed E-state index contributed by atoms with van der Waals surface area (Å²) in [5.74, 6) is -1.71. The summed E-state index contributed by atoms with van der Waals surface area (Å²) in [5, 5.41) is 13.9. The third kappa shape index (κ3) is 3.04. The molecule has 0 aliphatic rings. The van der Waals surface area contributed by atoms with Gasteiger partial charge in [0, 0.05) is 24.0 Å². The van der Waals surface area contributed by atoms with Crippen molar-refractivity contribution in [1.29, 1.82) is 0 Å². The summed E-state index contributed by atoms with van der Waals surface area (Å²) >= 11 is 1.51. The molecule has 0 atom stereocenters. The molecule has 1 heterocycles. The predicted octanol–water partition coefficient (Wildman–Crippen LogP) is 2.64. The number of nitrogens with zero attached hydrogens (tertiary/aromatic N) is 1. The van der Waals surface area contributed by atoms with Crippen LogP contribution in [0.5, 0.6) is 0 Å². The number of thiazole rings is 1. The number of carboxylic acids is 1. The van der Waals surface area contributed by atoms with Gasteiger partial charge in [0.1, 0.15) is 5.82 Å². The SMILES string of the molecule is O=C(O)c1cc(F)ccc1NCCc1cscn1. The Morgan fingerprint density at radius 2 is 2.33 bits per heavy atom. The summed E-state index contributed by atoms with van der Waals surface area (Å²) in [6.07, 6.45) is 0.694. The van der Waals surface area contributed by atoms with Gasteiger partial charge in [-0.3, -0.25) is 0 Å².